The van der Waals surface area contributed by atoms with Crippen LogP contribution in [-0.2, 0) is 26.3 Å². The van der Waals surface area contributed by atoms with Gasteiger partial charge in [0.25, 0.3) is 0 Å². The number of benzene rings is 3. The highest BCUT2D eigenvalue weighted by molar-refractivity contribution is 6.02. The Balaban J connectivity index is 1.38. The van der Waals surface area contributed by atoms with Crippen molar-refractivity contribution >= 4 is 28.5 Å². The highest BCUT2D eigenvalue weighted by Gasteiger charge is 2.45. The molecule has 0 spiro atoms. The number of ether oxygens (including phenoxy) is 1. The first-order valence-electron chi connectivity index (χ1n) is 13.0. The van der Waals surface area contributed by atoms with E-state index >= 15 is 0 Å². The molecule has 5 rings (SSSR count). The molecular formula is C30H32N4O4. The Hall–Kier alpha value is -4.20. The molecule has 0 radical (unpaired) electrons. The van der Waals surface area contributed by atoms with Crippen LogP contribution in [0.1, 0.15) is 43.9 Å². The molecule has 0 aliphatic carbocycles. The average molecular weight is 513 g/mol. The number of aromatic hydroxyl groups is 1. The van der Waals surface area contributed by atoms with Crippen LogP contribution in [0.2, 0.25) is 0 Å². The largest absolute Gasteiger partial charge is 0.505 e. The van der Waals surface area contributed by atoms with Crippen LogP contribution >= 0.6 is 0 Å². The summed E-state index contributed by atoms with van der Waals surface area (Å²) in [5.74, 6) is -1.84. The molecule has 0 amide bonds. The fourth-order valence-electron chi connectivity index (χ4n) is 5.22. The summed E-state index contributed by atoms with van der Waals surface area (Å²) < 4.78 is 5.91. The number of ketones is 1. The van der Waals surface area contributed by atoms with Gasteiger partial charge in [0.2, 0.25) is 0 Å². The molecule has 4 aromatic rings. The molecule has 1 saturated heterocycles. The molecule has 8 nitrogen and oxygen atoms in total. The van der Waals surface area contributed by atoms with Crippen molar-refractivity contribution in [1.82, 2.24) is 15.0 Å². The number of aryl methyl sites for hydroxylation is 1. The van der Waals surface area contributed by atoms with E-state index in [9.17, 15) is 14.7 Å². The van der Waals surface area contributed by atoms with E-state index in [1.807, 2.05) is 55.5 Å². The van der Waals surface area contributed by atoms with E-state index in [-0.39, 0.29) is 24.4 Å². The number of phenolic OH excluding ortho intramolecular Hbond substituents is 1. The Labute approximate surface area is 221 Å². The molecule has 1 aromatic heterocycles. The van der Waals surface area contributed by atoms with E-state index in [0.717, 1.165) is 29.9 Å². The normalized spacial score (nSPS) is 19.5. The number of Topliss-reactive ketones (excluding diaryl/α,β-unsaturated/α-hetero) is 1. The monoisotopic (exact) mass is 512 g/mol. The van der Waals surface area contributed by atoms with Gasteiger partial charge in [0.15, 0.2) is 5.78 Å². The molecule has 1 N–H and O–H groups in total. The summed E-state index contributed by atoms with van der Waals surface area (Å²) in [7, 11) is 0. The zero-order chi connectivity index (χ0) is 27.0. The van der Waals surface area contributed by atoms with Gasteiger partial charge < -0.3 is 14.7 Å². The number of anilines is 1. The number of cyclic esters (lactones) is 1. The third kappa shape index (κ3) is 4.62. The van der Waals surface area contributed by atoms with Crippen molar-refractivity contribution in [3.8, 4) is 11.4 Å². The molecule has 0 saturated carbocycles. The number of hydrogen-bond donors (Lipinski definition) is 1. The third-order valence-electron chi connectivity index (χ3n) is 7.36. The zero-order valence-corrected chi connectivity index (χ0v) is 22.1. The van der Waals surface area contributed by atoms with Crippen LogP contribution < -0.4 is 4.90 Å². The summed E-state index contributed by atoms with van der Waals surface area (Å²) in [5.41, 5.74) is 3.95. The van der Waals surface area contributed by atoms with Gasteiger partial charge in [-0.3, -0.25) is 9.59 Å². The number of rotatable bonds is 7. The number of phenols is 1. The Morgan fingerprint density at radius 2 is 1.66 bits per heavy atom. The number of carbonyl (C=O) groups excluding carboxylic acids is 2. The predicted octanol–water partition coefficient (Wildman–Crippen LogP) is 4.87. The lowest BCUT2D eigenvalue weighted by Crippen LogP contribution is -2.44. The molecular weight excluding hydrogens is 480 g/mol. The first kappa shape index (κ1) is 25.4. The van der Waals surface area contributed by atoms with Crippen molar-refractivity contribution in [3.05, 3.63) is 77.4 Å². The summed E-state index contributed by atoms with van der Waals surface area (Å²) in [6, 6.07) is 18.8. The van der Waals surface area contributed by atoms with Gasteiger partial charge >= 0.3 is 5.97 Å². The van der Waals surface area contributed by atoms with Gasteiger partial charge in [-0.1, -0.05) is 30.3 Å². The van der Waals surface area contributed by atoms with Crippen molar-refractivity contribution in [3.63, 3.8) is 0 Å². The molecule has 196 valence electrons. The summed E-state index contributed by atoms with van der Waals surface area (Å²) in [6.45, 7) is 9.65. The van der Waals surface area contributed by atoms with Crippen LogP contribution in [0.25, 0.3) is 16.7 Å². The maximum Gasteiger partial charge on any atom is 0.317 e. The van der Waals surface area contributed by atoms with E-state index in [4.69, 9.17) is 4.74 Å². The van der Waals surface area contributed by atoms with E-state index in [2.05, 4.69) is 28.9 Å². The highest BCUT2D eigenvalue weighted by atomic mass is 16.6. The molecule has 1 fully saturated rings. The quantitative estimate of drug-likeness (QED) is 0.279. The lowest BCUT2D eigenvalue weighted by atomic mass is 9.81. The molecule has 1 aliphatic heterocycles. The molecule has 0 bridgehead atoms. The lowest BCUT2D eigenvalue weighted by Gasteiger charge is -2.36. The van der Waals surface area contributed by atoms with Gasteiger partial charge in [-0.2, -0.15) is 0 Å². The standard InChI is InChI=1S/C30H32N4O4/c1-5-33(6-2)22-13-11-21(12-14-22)30(4)18-27(35)23(29(37)38-30)17-20-15-19(3)16-26(28(20)36)34-31-24-9-7-8-10-25(24)32-34/h7-16,23,36H,5-6,17-18H2,1-4H3. The van der Waals surface area contributed by atoms with Crippen LogP contribution in [0, 0.1) is 12.8 Å². The summed E-state index contributed by atoms with van der Waals surface area (Å²) in [6.07, 6.45) is 0.107. The topological polar surface area (TPSA) is 97.5 Å². The number of esters is 1. The van der Waals surface area contributed by atoms with Gasteiger partial charge in [-0.15, -0.1) is 15.0 Å². The van der Waals surface area contributed by atoms with Crippen molar-refractivity contribution in [2.45, 2.75) is 46.1 Å². The van der Waals surface area contributed by atoms with Crippen LogP contribution in [0.5, 0.6) is 5.75 Å². The molecule has 2 unspecified atom stereocenters. The number of hydrogen-bond acceptors (Lipinski definition) is 7. The molecule has 8 heteroatoms. The van der Waals surface area contributed by atoms with Gasteiger partial charge in [0.1, 0.15) is 34.0 Å². The smallest absolute Gasteiger partial charge is 0.317 e. The second kappa shape index (κ2) is 9.93. The van der Waals surface area contributed by atoms with E-state index < -0.39 is 17.5 Å². The summed E-state index contributed by atoms with van der Waals surface area (Å²) in [5, 5.41) is 20.1. The Bertz CT molecular complexity index is 1450. The average Bonchev–Trinajstić information content (AvgIpc) is 3.33. The summed E-state index contributed by atoms with van der Waals surface area (Å²) >= 11 is 0. The molecule has 3 aromatic carbocycles. The van der Waals surface area contributed by atoms with E-state index in [1.54, 1.807) is 19.1 Å². The molecule has 2 atom stereocenters. The Morgan fingerprint density at radius 3 is 2.24 bits per heavy atom. The highest BCUT2D eigenvalue weighted by Crippen LogP contribution is 2.39. The fourth-order valence-corrected chi connectivity index (χ4v) is 5.22. The van der Waals surface area contributed by atoms with Gasteiger partial charge in [-0.25, -0.2) is 0 Å². The van der Waals surface area contributed by atoms with E-state index in [0.29, 0.717) is 22.3 Å². The minimum absolute atomic E-state index is 0.0376. The number of nitrogens with zero attached hydrogens (tertiary/aromatic N) is 4. The van der Waals surface area contributed by atoms with Crippen molar-refractivity contribution in [2.75, 3.05) is 18.0 Å². The van der Waals surface area contributed by atoms with Crippen LogP contribution in [0.15, 0.2) is 60.7 Å². The third-order valence-corrected chi connectivity index (χ3v) is 7.36. The van der Waals surface area contributed by atoms with Gasteiger partial charge in [0.05, 0.1) is 6.42 Å². The fraction of sp³-hybridized carbons (Fsp3) is 0.333. The van der Waals surface area contributed by atoms with Crippen molar-refractivity contribution in [2.24, 2.45) is 5.92 Å². The first-order chi connectivity index (χ1) is 18.2. The van der Waals surface area contributed by atoms with Gasteiger partial charge in [0, 0.05) is 18.8 Å². The second-order valence-electron chi connectivity index (χ2n) is 10.0. The second-order valence-corrected chi connectivity index (χ2v) is 10.0. The van der Waals surface area contributed by atoms with Crippen LogP contribution in [-0.4, -0.2) is 44.9 Å². The predicted molar refractivity (Wildman–Crippen MR) is 146 cm³/mol. The molecule has 38 heavy (non-hydrogen) atoms. The lowest BCUT2D eigenvalue weighted by molar-refractivity contribution is -0.176. The van der Waals surface area contributed by atoms with E-state index in [1.165, 1.54) is 4.80 Å². The van der Waals surface area contributed by atoms with Crippen LogP contribution in [0.4, 0.5) is 5.69 Å². The molecule has 2 heterocycles. The maximum atomic E-state index is 13.3. The van der Waals surface area contributed by atoms with Crippen molar-refractivity contribution in [1.29, 1.82) is 0 Å². The van der Waals surface area contributed by atoms with Gasteiger partial charge in [-0.05, 0) is 81.1 Å². The number of fused-ring (bicyclic) bond motifs is 1. The number of carbonyl (C=O) groups is 2. The van der Waals surface area contributed by atoms with Crippen LogP contribution in [0.3, 0.4) is 0 Å². The minimum atomic E-state index is -1.04. The Kier molecular flexibility index (Phi) is 6.65. The summed E-state index contributed by atoms with van der Waals surface area (Å²) in [4.78, 5) is 30.1. The Morgan fingerprint density at radius 1 is 1.03 bits per heavy atom. The SMILES string of the molecule is CCN(CC)c1ccc(C2(C)CC(=O)C(Cc3cc(C)cc(-n4nc5ccccc5n4)c3O)C(=O)O2)cc1. The maximum absolute atomic E-state index is 13.3. The molecule has 1 aliphatic rings. The number of aromatic nitrogens is 3. The minimum Gasteiger partial charge on any atom is -0.505 e. The van der Waals surface area contributed by atoms with Crippen molar-refractivity contribution < 1.29 is 19.4 Å². The first-order valence-corrected chi connectivity index (χ1v) is 13.0. The zero-order valence-electron chi connectivity index (χ0n) is 22.1.